The van der Waals surface area contributed by atoms with Crippen LogP contribution in [0.1, 0.15) is 22.8 Å². The summed E-state index contributed by atoms with van der Waals surface area (Å²) in [6.07, 6.45) is 0. The highest BCUT2D eigenvalue weighted by Gasteiger charge is 2.24. The van der Waals surface area contributed by atoms with Crippen molar-refractivity contribution in [3.05, 3.63) is 29.3 Å². The molecule has 0 aliphatic rings. The van der Waals surface area contributed by atoms with Crippen LogP contribution in [-0.2, 0) is 14.6 Å². The third kappa shape index (κ3) is 3.36. The predicted octanol–water partition coefficient (Wildman–Crippen LogP) is 0.945. The van der Waals surface area contributed by atoms with Gasteiger partial charge in [0.2, 0.25) is 5.91 Å². The van der Waals surface area contributed by atoms with Crippen LogP contribution in [0.2, 0.25) is 0 Å². The van der Waals surface area contributed by atoms with Crippen molar-refractivity contribution in [1.29, 1.82) is 0 Å². The predicted molar refractivity (Wildman–Crippen MR) is 73.5 cm³/mol. The van der Waals surface area contributed by atoms with Gasteiger partial charge in [0.1, 0.15) is 5.75 Å². The zero-order chi connectivity index (χ0) is 15.5. The van der Waals surface area contributed by atoms with Gasteiger partial charge in [0.15, 0.2) is 9.84 Å². The molecule has 6 nitrogen and oxygen atoms in total. The summed E-state index contributed by atoms with van der Waals surface area (Å²) in [6.45, 7) is 3.56. The first kappa shape index (κ1) is 16.2. The number of sulfone groups is 1. The lowest BCUT2D eigenvalue weighted by Crippen LogP contribution is -2.32. The Bertz CT molecular complexity index is 636. The van der Waals surface area contributed by atoms with E-state index < -0.39 is 27.5 Å². The fourth-order valence-electron chi connectivity index (χ4n) is 1.71. The Labute approximate surface area is 117 Å². The number of benzene rings is 1. The maximum absolute atomic E-state index is 12.2. The number of carbonyl (C=O) groups is 2. The van der Waals surface area contributed by atoms with Gasteiger partial charge in [0.05, 0.1) is 10.5 Å². The number of hydrogen-bond donors (Lipinski definition) is 1. The van der Waals surface area contributed by atoms with Gasteiger partial charge in [0, 0.05) is 13.6 Å². The monoisotopic (exact) mass is 299 g/mol. The molecule has 0 bridgehead atoms. The van der Waals surface area contributed by atoms with E-state index in [0.717, 1.165) is 0 Å². The van der Waals surface area contributed by atoms with E-state index in [4.69, 9.17) is 5.11 Å². The van der Waals surface area contributed by atoms with Gasteiger partial charge in [-0.25, -0.2) is 13.2 Å². The van der Waals surface area contributed by atoms with Crippen LogP contribution in [0.5, 0.6) is 0 Å². The fourth-order valence-corrected chi connectivity index (χ4v) is 3.27. The van der Waals surface area contributed by atoms with Crippen molar-refractivity contribution in [3.8, 4) is 0 Å². The summed E-state index contributed by atoms with van der Waals surface area (Å²) >= 11 is 0. The van der Waals surface area contributed by atoms with E-state index in [1.807, 2.05) is 0 Å². The summed E-state index contributed by atoms with van der Waals surface area (Å²) in [5.74, 6) is -2.38. The topological polar surface area (TPSA) is 91.8 Å². The highest BCUT2D eigenvalue weighted by molar-refractivity contribution is 7.92. The summed E-state index contributed by atoms with van der Waals surface area (Å²) < 4.78 is 24.4. The van der Waals surface area contributed by atoms with E-state index in [1.54, 1.807) is 6.92 Å². The molecule has 1 N–H and O–H groups in total. The molecule has 0 unspecified atom stereocenters. The van der Waals surface area contributed by atoms with Gasteiger partial charge in [0.25, 0.3) is 0 Å². The first-order chi connectivity index (χ1) is 9.20. The third-order valence-corrected chi connectivity index (χ3v) is 4.80. The molecule has 1 aromatic rings. The number of carbonyl (C=O) groups excluding carboxylic acids is 1. The second kappa shape index (κ2) is 6.04. The Kier molecular flexibility index (Phi) is 4.88. The molecule has 0 spiro atoms. The van der Waals surface area contributed by atoms with Crippen molar-refractivity contribution >= 4 is 21.7 Å². The van der Waals surface area contributed by atoms with Gasteiger partial charge in [-0.2, -0.15) is 0 Å². The number of carboxylic acids is 1. The molecule has 1 aromatic carbocycles. The Balaban J connectivity index is 3.20. The van der Waals surface area contributed by atoms with Gasteiger partial charge in [-0.3, -0.25) is 4.79 Å². The normalized spacial score (nSPS) is 11.2. The first-order valence-electron chi connectivity index (χ1n) is 6.00. The van der Waals surface area contributed by atoms with E-state index in [0.29, 0.717) is 6.54 Å². The van der Waals surface area contributed by atoms with Crippen LogP contribution in [0.4, 0.5) is 0 Å². The quantitative estimate of drug-likeness (QED) is 0.873. The second-order valence-electron chi connectivity index (χ2n) is 4.40. The minimum atomic E-state index is -3.86. The van der Waals surface area contributed by atoms with Crippen LogP contribution in [0.15, 0.2) is 23.1 Å². The number of hydrogen-bond acceptors (Lipinski definition) is 4. The van der Waals surface area contributed by atoms with E-state index in [1.165, 1.54) is 37.1 Å². The van der Waals surface area contributed by atoms with Gasteiger partial charge >= 0.3 is 5.97 Å². The van der Waals surface area contributed by atoms with Gasteiger partial charge in [-0.15, -0.1) is 0 Å². The Morgan fingerprint density at radius 3 is 2.40 bits per heavy atom. The van der Waals surface area contributed by atoms with Gasteiger partial charge in [-0.05, 0) is 31.5 Å². The summed E-state index contributed by atoms with van der Waals surface area (Å²) in [5, 5.41) is 8.99. The van der Waals surface area contributed by atoms with Crippen molar-refractivity contribution in [3.63, 3.8) is 0 Å². The summed E-state index contributed by atoms with van der Waals surface area (Å²) in [5.41, 5.74) is 0.0642. The van der Waals surface area contributed by atoms with E-state index in [2.05, 4.69) is 0 Å². The number of aromatic carboxylic acids is 1. The molecule has 0 aliphatic heterocycles. The lowest BCUT2D eigenvalue weighted by molar-refractivity contribution is -0.126. The number of nitrogens with zero attached hydrogens (tertiary/aromatic N) is 1. The largest absolute Gasteiger partial charge is 0.478 e. The van der Waals surface area contributed by atoms with Crippen molar-refractivity contribution < 1.29 is 23.1 Å². The molecule has 0 aliphatic carbocycles. The first-order valence-corrected chi connectivity index (χ1v) is 7.65. The van der Waals surface area contributed by atoms with Crippen molar-refractivity contribution in [2.45, 2.75) is 18.7 Å². The second-order valence-corrected chi connectivity index (χ2v) is 6.36. The van der Waals surface area contributed by atoms with Crippen LogP contribution in [-0.4, -0.2) is 49.6 Å². The Hall–Kier alpha value is -1.89. The maximum atomic E-state index is 12.2. The molecule has 20 heavy (non-hydrogen) atoms. The molecule has 0 heterocycles. The molecule has 0 saturated heterocycles. The van der Waals surface area contributed by atoms with Gasteiger partial charge in [-0.1, -0.05) is 6.07 Å². The lowest BCUT2D eigenvalue weighted by Gasteiger charge is -2.15. The fraction of sp³-hybridized carbons (Fsp3) is 0.385. The summed E-state index contributed by atoms with van der Waals surface area (Å²) in [7, 11) is -2.34. The van der Waals surface area contributed by atoms with Crippen molar-refractivity contribution in [2.24, 2.45) is 0 Å². The zero-order valence-corrected chi connectivity index (χ0v) is 12.4. The molecule has 0 aromatic heterocycles. The highest BCUT2D eigenvalue weighted by atomic mass is 32.2. The highest BCUT2D eigenvalue weighted by Crippen LogP contribution is 2.20. The van der Waals surface area contributed by atoms with Crippen LogP contribution in [0, 0.1) is 6.92 Å². The molecular formula is C13H17NO5S. The zero-order valence-electron chi connectivity index (χ0n) is 11.6. The van der Waals surface area contributed by atoms with Crippen LogP contribution < -0.4 is 0 Å². The SMILES string of the molecule is CCN(C)C(=O)CS(=O)(=O)c1cccc(C(=O)O)c1C. The number of carboxylic acid groups (broad SMARTS) is 1. The molecule has 1 amide bonds. The Morgan fingerprint density at radius 1 is 1.30 bits per heavy atom. The summed E-state index contributed by atoms with van der Waals surface area (Å²) in [4.78, 5) is 23.9. The standard InChI is InChI=1S/C13H17NO5S/c1-4-14(3)12(15)8-20(18,19)11-7-5-6-10(9(11)2)13(16)17/h5-7H,4,8H2,1-3H3,(H,16,17). The lowest BCUT2D eigenvalue weighted by atomic mass is 10.1. The number of amides is 1. The molecule has 0 saturated carbocycles. The van der Waals surface area contributed by atoms with Crippen LogP contribution in [0.25, 0.3) is 0 Å². The average Bonchev–Trinajstić information content (AvgIpc) is 2.36. The van der Waals surface area contributed by atoms with Crippen LogP contribution >= 0.6 is 0 Å². The van der Waals surface area contributed by atoms with E-state index >= 15 is 0 Å². The minimum absolute atomic E-state index is 0.0811. The van der Waals surface area contributed by atoms with Crippen LogP contribution in [0.3, 0.4) is 0 Å². The molecule has 110 valence electrons. The number of rotatable bonds is 5. The molecule has 0 fully saturated rings. The average molecular weight is 299 g/mol. The molecule has 7 heteroatoms. The molecular weight excluding hydrogens is 282 g/mol. The molecule has 0 radical (unpaired) electrons. The van der Waals surface area contributed by atoms with E-state index in [-0.39, 0.29) is 16.0 Å². The van der Waals surface area contributed by atoms with Crippen molar-refractivity contribution in [1.82, 2.24) is 4.90 Å². The maximum Gasteiger partial charge on any atom is 0.335 e. The molecule has 0 atom stereocenters. The molecule has 1 rings (SSSR count). The van der Waals surface area contributed by atoms with Gasteiger partial charge < -0.3 is 10.0 Å². The third-order valence-electron chi connectivity index (χ3n) is 3.06. The Morgan fingerprint density at radius 2 is 1.90 bits per heavy atom. The van der Waals surface area contributed by atoms with Crippen molar-refractivity contribution in [2.75, 3.05) is 19.3 Å². The smallest absolute Gasteiger partial charge is 0.335 e. The van der Waals surface area contributed by atoms with E-state index in [9.17, 15) is 18.0 Å². The minimum Gasteiger partial charge on any atom is -0.478 e. The summed E-state index contributed by atoms with van der Waals surface area (Å²) in [6, 6.07) is 4.00.